The monoisotopic (exact) mass is 336 g/mol. The molecule has 1 amide bonds. The number of carbonyl (C=O) groups is 1. The maximum absolute atomic E-state index is 12.1. The molecular formula is C18H20N6O. The molecule has 7 heteroatoms. The third-order valence-electron chi connectivity index (χ3n) is 4.15. The molecule has 4 rings (SSSR count). The fraction of sp³-hybridized carbons (Fsp3) is 0.333. The summed E-state index contributed by atoms with van der Waals surface area (Å²) < 4.78 is 0. The van der Waals surface area contributed by atoms with Gasteiger partial charge in [0.25, 0.3) is 5.91 Å². The van der Waals surface area contributed by atoms with Gasteiger partial charge in [0, 0.05) is 23.7 Å². The molecule has 1 aromatic carbocycles. The van der Waals surface area contributed by atoms with Gasteiger partial charge in [-0.2, -0.15) is 0 Å². The van der Waals surface area contributed by atoms with E-state index in [2.05, 4.69) is 37.5 Å². The molecule has 1 saturated carbocycles. The van der Waals surface area contributed by atoms with Gasteiger partial charge in [0.15, 0.2) is 17.3 Å². The molecule has 0 radical (unpaired) electrons. The summed E-state index contributed by atoms with van der Waals surface area (Å²) >= 11 is 0. The highest BCUT2D eigenvalue weighted by Crippen LogP contribution is 2.24. The van der Waals surface area contributed by atoms with Crippen LogP contribution in [0.1, 0.15) is 36.5 Å². The van der Waals surface area contributed by atoms with E-state index < -0.39 is 0 Å². The summed E-state index contributed by atoms with van der Waals surface area (Å²) in [6.07, 6.45) is 4.77. The zero-order chi connectivity index (χ0) is 17.2. The molecule has 25 heavy (non-hydrogen) atoms. The van der Waals surface area contributed by atoms with Crippen molar-refractivity contribution in [1.82, 2.24) is 25.3 Å². The van der Waals surface area contributed by atoms with Crippen molar-refractivity contribution in [3.05, 3.63) is 36.2 Å². The number of imidazole rings is 1. The summed E-state index contributed by atoms with van der Waals surface area (Å²) in [5, 5.41) is 6.29. The average Bonchev–Trinajstić information content (AvgIpc) is 3.32. The minimum Gasteiger partial charge on any atom is -0.368 e. The van der Waals surface area contributed by atoms with Gasteiger partial charge in [-0.15, -0.1) is 0 Å². The zero-order valence-corrected chi connectivity index (χ0v) is 14.0. The van der Waals surface area contributed by atoms with E-state index >= 15 is 0 Å². The van der Waals surface area contributed by atoms with Gasteiger partial charge in [-0.1, -0.05) is 19.1 Å². The molecule has 1 aliphatic carbocycles. The highest BCUT2D eigenvalue weighted by Gasteiger charge is 2.23. The van der Waals surface area contributed by atoms with Crippen LogP contribution in [0.5, 0.6) is 0 Å². The molecule has 1 aliphatic rings. The topological polar surface area (TPSA) is 95.6 Å². The lowest BCUT2D eigenvalue weighted by molar-refractivity contribution is 0.0951. The van der Waals surface area contributed by atoms with E-state index in [1.807, 2.05) is 24.3 Å². The first-order valence-corrected chi connectivity index (χ1v) is 8.61. The standard InChI is InChI=1S/C18H20N6O/c1-2-9-19-16-14-17(21-10-20-14)24-15(23-16)11-3-5-12(6-4-11)18(25)22-13-7-8-13/h3-6,10,13H,2,7-9H2,1H3,(H,22,25)(H2,19,20,21,23,24). The maximum atomic E-state index is 12.1. The normalized spacial score (nSPS) is 13.8. The fourth-order valence-corrected chi connectivity index (χ4v) is 2.60. The number of hydrogen-bond donors (Lipinski definition) is 3. The van der Waals surface area contributed by atoms with Crippen molar-refractivity contribution in [2.24, 2.45) is 0 Å². The molecule has 0 saturated heterocycles. The predicted molar refractivity (Wildman–Crippen MR) is 96.4 cm³/mol. The first-order valence-electron chi connectivity index (χ1n) is 8.61. The van der Waals surface area contributed by atoms with Crippen LogP contribution < -0.4 is 10.6 Å². The fourth-order valence-electron chi connectivity index (χ4n) is 2.60. The number of amides is 1. The third kappa shape index (κ3) is 3.31. The second-order valence-corrected chi connectivity index (χ2v) is 6.25. The number of hydrogen-bond acceptors (Lipinski definition) is 5. The highest BCUT2D eigenvalue weighted by atomic mass is 16.1. The van der Waals surface area contributed by atoms with Gasteiger partial charge in [-0.05, 0) is 31.4 Å². The van der Waals surface area contributed by atoms with Gasteiger partial charge in [0.05, 0.1) is 6.33 Å². The van der Waals surface area contributed by atoms with Gasteiger partial charge >= 0.3 is 0 Å². The first kappa shape index (κ1) is 15.6. The van der Waals surface area contributed by atoms with Crippen LogP contribution in [-0.2, 0) is 0 Å². The number of aromatic nitrogens is 4. The maximum Gasteiger partial charge on any atom is 0.251 e. The Morgan fingerprint density at radius 2 is 2.04 bits per heavy atom. The van der Waals surface area contributed by atoms with Crippen molar-refractivity contribution >= 4 is 22.9 Å². The van der Waals surface area contributed by atoms with Crippen LogP contribution in [0.25, 0.3) is 22.6 Å². The zero-order valence-electron chi connectivity index (χ0n) is 14.0. The lowest BCUT2D eigenvalue weighted by Gasteiger charge is -2.08. The van der Waals surface area contributed by atoms with Gasteiger partial charge in [-0.3, -0.25) is 4.79 Å². The van der Waals surface area contributed by atoms with Crippen molar-refractivity contribution < 1.29 is 4.79 Å². The molecule has 1 fully saturated rings. The Morgan fingerprint density at radius 3 is 2.76 bits per heavy atom. The highest BCUT2D eigenvalue weighted by molar-refractivity contribution is 5.95. The quantitative estimate of drug-likeness (QED) is 0.643. The van der Waals surface area contributed by atoms with Crippen molar-refractivity contribution in [1.29, 1.82) is 0 Å². The van der Waals surface area contributed by atoms with Crippen LogP contribution in [0.3, 0.4) is 0 Å². The molecule has 0 unspecified atom stereocenters. The van der Waals surface area contributed by atoms with Crippen molar-refractivity contribution in [3.63, 3.8) is 0 Å². The van der Waals surface area contributed by atoms with Crippen LogP contribution in [-0.4, -0.2) is 38.4 Å². The Bertz CT molecular complexity index is 898. The van der Waals surface area contributed by atoms with Crippen molar-refractivity contribution in [2.75, 3.05) is 11.9 Å². The van der Waals surface area contributed by atoms with Crippen LogP contribution >= 0.6 is 0 Å². The molecule has 0 atom stereocenters. The van der Waals surface area contributed by atoms with Gasteiger partial charge in [0.1, 0.15) is 5.52 Å². The van der Waals surface area contributed by atoms with E-state index in [9.17, 15) is 4.79 Å². The molecule has 3 aromatic rings. The number of fused-ring (bicyclic) bond motifs is 1. The largest absolute Gasteiger partial charge is 0.368 e. The lowest BCUT2D eigenvalue weighted by Crippen LogP contribution is -2.25. The summed E-state index contributed by atoms with van der Waals surface area (Å²) in [6, 6.07) is 7.72. The minimum absolute atomic E-state index is 0.0250. The number of H-pyrrole nitrogens is 1. The first-order chi connectivity index (χ1) is 12.2. The smallest absolute Gasteiger partial charge is 0.251 e. The molecule has 0 bridgehead atoms. The number of nitrogens with zero attached hydrogens (tertiary/aromatic N) is 3. The van der Waals surface area contributed by atoms with Crippen LogP contribution in [0, 0.1) is 0 Å². The van der Waals surface area contributed by atoms with Gasteiger partial charge in [0.2, 0.25) is 0 Å². The van der Waals surface area contributed by atoms with E-state index in [0.29, 0.717) is 23.1 Å². The van der Waals surface area contributed by atoms with Crippen LogP contribution in [0.4, 0.5) is 5.82 Å². The predicted octanol–water partition coefficient (Wildman–Crippen LogP) is 2.73. The Balaban J connectivity index is 1.62. The molecule has 2 aromatic heterocycles. The number of rotatable bonds is 6. The molecule has 0 aliphatic heterocycles. The summed E-state index contributed by atoms with van der Waals surface area (Å²) in [5.41, 5.74) is 2.94. The van der Waals surface area contributed by atoms with Crippen molar-refractivity contribution in [2.45, 2.75) is 32.2 Å². The van der Waals surface area contributed by atoms with Crippen molar-refractivity contribution in [3.8, 4) is 11.4 Å². The molecule has 3 N–H and O–H groups in total. The Hall–Kier alpha value is -2.96. The Labute approximate surface area is 145 Å². The summed E-state index contributed by atoms with van der Waals surface area (Å²) in [7, 11) is 0. The Morgan fingerprint density at radius 1 is 1.24 bits per heavy atom. The number of anilines is 1. The molecule has 2 heterocycles. The SMILES string of the molecule is CCCNc1nc(-c2ccc(C(=O)NC3CC3)cc2)nc2nc[nH]c12. The van der Waals surface area contributed by atoms with E-state index in [-0.39, 0.29) is 5.91 Å². The second-order valence-electron chi connectivity index (χ2n) is 6.25. The minimum atomic E-state index is -0.0250. The number of aromatic amines is 1. The molecular weight excluding hydrogens is 316 g/mol. The third-order valence-corrected chi connectivity index (χ3v) is 4.15. The molecule has 7 nitrogen and oxygen atoms in total. The average molecular weight is 336 g/mol. The van der Waals surface area contributed by atoms with E-state index in [0.717, 1.165) is 42.7 Å². The number of carbonyl (C=O) groups excluding carboxylic acids is 1. The van der Waals surface area contributed by atoms with Gasteiger partial charge in [-0.25, -0.2) is 15.0 Å². The molecule has 0 spiro atoms. The summed E-state index contributed by atoms with van der Waals surface area (Å²) in [4.78, 5) is 28.5. The summed E-state index contributed by atoms with van der Waals surface area (Å²) in [6.45, 7) is 2.93. The van der Waals surface area contributed by atoms with Gasteiger partial charge < -0.3 is 15.6 Å². The van der Waals surface area contributed by atoms with Crippen LogP contribution in [0.2, 0.25) is 0 Å². The lowest BCUT2D eigenvalue weighted by atomic mass is 10.1. The summed E-state index contributed by atoms with van der Waals surface area (Å²) in [5.74, 6) is 1.31. The number of nitrogens with one attached hydrogen (secondary N) is 3. The van der Waals surface area contributed by atoms with E-state index in [4.69, 9.17) is 0 Å². The molecule has 128 valence electrons. The van der Waals surface area contributed by atoms with E-state index in [1.165, 1.54) is 0 Å². The number of benzene rings is 1. The van der Waals surface area contributed by atoms with Crippen LogP contribution in [0.15, 0.2) is 30.6 Å². The Kier molecular flexibility index (Phi) is 4.05. The van der Waals surface area contributed by atoms with E-state index in [1.54, 1.807) is 6.33 Å². The second kappa shape index (κ2) is 6.51.